The summed E-state index contributed by atoms with van der Waals surface area (Å²) in [7, 11) is 0. The van der Waals surface area contributed by atoms with Crippen LogP contribution in [0.25, 0.3) is 0 Å². The molecule has 1 fully saturated rings. The predicted molar refractivity (Wildman–Crippen MR) is 40.5 cm³/mol. The molecule has 0 saturated carbocycles. The van der Waals surface area contributed by atoms with Gasteiger partial charge in [-0.15, -0.1) is 12.6 Å². The summed E-state index contributed by atoms with van der Waals surface area (Å²) in [6, 6.07) is 0. The monoisotopic (exact) mass is 218 g/mol. The maximum atomic E-state index is 11.0. The molecule has 1 saturated heterocycles. The summed E-state index contributed by atoms with van der Waals surface area (Å²) >= 11 is 3.75. The van der Waals surface area contributed by atoms with E-state index in [0.29, 0.717) is 0 Å². The van der Waals surface area contributed by atoms with E-state index in [1.807, 2.05) is 0 Å². The Bertz CT molecular complexity index is 155. The molecular weight excluding hydrogens is 207 g/mol. The summed E-state index contributed by atoms with van der Waals surface area (Å²) in [5.74, 6) is 0. The van der Waals surface area contributed by atoms with Crippen LogP contribution in [0.5, 0.6) is 0 Å². The van der Waals surface area contributed by atoms with Gasteiger partial charge >= 0.3 is 29.6 Å². The number of aliphatic hydroxyl groups is 3. The summed E-state index contributed by atoms with van der Waals surface area (Å²) < 4.78 is 4.82. The van der Waals surface area contributed by atoms with Crippen molar-refractivity contribution < 1.29 is 54.7 Å². The average Bonchev–Trinajstić information content (AvgIpc) is 2.08. The molecule has 0 radical (unpaired) electrons. The fourth-order valence-electron chi connectivity index (χ4n) is 1.07. The molecule has 1 heterocycles. The van der Waals surface area contributed by atoms with Crippen molar-refractivity contribution in [3.63, 3.8) is 0 Å². The van der Waals surface area contributed by atoms with E-state index in [0.717, 1.165) is 0 Å². The van der Waals surface area contributed by atoms with E-state index in [1.165, 1.54) is 0 Å². The van der Waals surface area contributed by atoms with Crippen molar-refractivity contribution in [2.75, 3.05) is 6.61 Å². The van der Waals surface area contributed by atoms with Gasteiger partial charge in [0.15, 0.2) is 0 Å². The van der Waals surface area contributed by atoms with Crippen LogP contribution in [-0.4, -0.2) is 51.8 Å². The smallest absolute Gasteiger partial charge is 0.848 e. The van der Waals surface area contributed by atoms with E-state index in [1.54, 1.807) is 0 Å². The Morgan fingerprint density at radius 1 is 1.31 bits per heavy atom. The molecule has 13 heavy (non-hydrogen) atoms. The Kier molecular flexibility index (Phi) is 6.41. The quantitative estimate of drug-likeness (QED) is 0.260. The Morgan fingerprint density at radius 3 is 2.31 bits per heavy atom. The van der Waals surface area contributed by atoms with Crippen molar-refractivity contribution in [2.24, 2.45) is 0 Å². The fraction of sp³-hybridized carbons (Fsp3) is 1.00. The zero-order valence-electron chi connectivity index (χ0n) is 7.20. The van der Waals surface area contributed by atoms with Gasteiger partial charge in [0, 0.05) is 0 Å². The SMILES string of the molecule is [Na+].[O-][C@@H]1[C@@H](O)[C@H](O)[C@@H](CO)O[C@H]1S. The fourth-order valence-corrected chi connectivity index (χ4v) is 1.40. The maximum absolute atomic E-state index is 11.0. The van der Waals surface area contributed by atoms with Gasteiger partial charge in [-0.3, -0.25) is 0 Å². The average molecular weight is 218 g/mol. The van der Waals surface area contributed by atoms with Crippen LogP contribution in [0.4, 0.5) is 0 Å². The molecule has 0 bridgehead atoms. The topological polar surface area (TPSA) is 93.0 Å². The van der Waals surface area contributed by atoms with Crippen LogP contribution >= 0.6 is 12.6 Å². The first-order valence-corrected chi connectivity index (χ1v) is 4.06. The van der Waals surface area contributed by atoms with Gasteiger partial charge in [-0.05, 0) is 0 Å². The molecule has 0 amide bonds. The number of thiol groups is 1. The predicted octanol–water partition coefficient (Wildman–Crippen LogP) is -5.91. The van der Waals surface area contributed by atoms with Crippen molar-refractivity contribution in [1.29, 1.82) is 0 Å². The van der Waals surface area contributed by atoms with Crippen LogP contribution in [-0.2, 0) is 4.74 Å². The molecule has 0 spiro atoms. The second-order valence-electron chi connectivity index (χ2n) is 2.69. The summed E-state index contributed by atoms with van der Waals surface area (Å²) in [6.07, 6.45) is -5.17. The van der Waals surface area contributed by atoms with Gasteiger partial charge in [0.2, 0.25) is 0 Å². The summed E-state index contributed by atoms with van der Waals surface area (Å²) in [5, 5.41) is 37.9. The van der Waals surface area contributed by atoms with E-state index in [4.69, 9.17) is 20.1 Å². The molecule has 0 aromatic rings. The Balaban J connectivity index is 0.00000144. The normalized spacial score (nSPS) is 45.5. The Hall–Kier alpha value is 1.15. The number of ether oxygens (including phenoxy) is 1. The molecule has 5 atom stereocenters. The molecule has 0 aliphatic carbocycles. The molecule has 1 aliphatic heterocycles. The minimum atomic E-state index is -1.48. The summed E-state index contributed by atoms with van der Waals surface area (Å²) in [6.45, 7) is -0.442. The first kappa shape index (κ1) is 14.2. The molecule has 3 N–H and O–H groups in total. The van der Waals surface area contributed by atoms with Crippen molar-refractivity contribution in [2.45, 2.75) is 29.9 Å². The van der Waals surface area contributed by atoms with Crippen molar-refractivity contribution in [1.82, 2.24) is 0 Å². The maximum Gasteiger partial charge on any atom is 1.00 e. The van der Waals surface area contributed by atoms with Gasteiger partial charge in [0.25, 0.3) is 0 Å². The van der Waals surface area contributed by atoms with E-state index >= 15 is 0 Å². The zero-order valence-corrected chi connectivity index (χ0v) is 10.1. The van der Waals surface area contributed by atoms with Crippen LogP contribution in [0.3, 0.4) is 0 Å². The number of rotatable bonds is 1. The van der Waals surface area contributed by atoms with Gasteiger partial charge in [0.05, 0.1) is 18.1 Å². The van der Waals surface area contributed by atoms with E-state index in [2.05, 4.69) is 12.6 Å². The van der Waals surface area contributed by atoms with E-state index in [9.17, 15) is 5.11 Å². The minimum absolute atomic E-state index is 0. The molecule has 0 aromatic heterocycles. The molecule has 0 aromatic carbocycles. The van der Waals surface area contributed by atoms with Gasteiger partial charge in [-0.1, -0.05) is 6.10 Å². The second kappa shape index (κ2) is 5.89. The molecule has 72 valence electrons. The van der Waals surface area contributed by atoms with Crippen molar-refractivity contribution in [3.8, 4) is 0 Å². The standard InChI is InChI=1S/C6H11O5S.Na/c7-1-2-3(8)4(9)5(10)6(12)11-2;/h2-9,12H,1H2;/q-1;+1/t2-,3-,4+,5-,6+;/m1./s1. The van der Waals surface area contributed by atoms with Crippen LogP contribution in [0.15, 0.2) is 0 Å². The molecule has 5 nitrogen and oxygen atoms in total. The summed E-state index contributed by atoms with van der Waals surface area (Å²) in [4.78, 5) is 0. The number of hydrogen-bond donors (Lipinski definition) is 4. The van der Waals surface area contributed by atoms with Crippen LogP contribution in [0, 0.1) is 0 Å². The zero-order chi connectivity index (χ0) is 9.30. The first-order chi connectivity index (χ1) is 5.57. The van der Waals surface area contributed by atoms with Crippen LogP contribution in [0.1, 0.15) is 0 Å². The minimum Gasteiger partial charge on any atom is -0.848 e. The van der Waals surface area contributed by atoms with Gasteiger partial charge in [0.1, 0.15) is 12.2 Å². The van der Waals surface area contributed by atoms with Gasteiger partial charge in [-0.2, -0.15) is 0 Å². The molecular formula is C6H11NaO5S. The van der Waals surface area contributed by atoms with Gasteiger partial charge < -0.3 is 25.2 Å². The molecule has 7 heteroatoms. The van der Waals surface area contributed by atoms with Crippen molar-refractivity contribution >= 4 is 12.6 Å². The van der Waals surface area contributed by atoms with Crippen LogP contribution < -0.4 is 34.7 Å². The summed E-state index contributed by atoms with van der Waals surface area (Å²) in [5.41, 5.74) is -0.986. The molecule has 1 aliphatic rings. The molecule has 0 unspecified atom stereocenters. The Morgan fingerprint density at radius 2 is 1.85 bits per heavy atom. The number of hydrogen-bond acceptors (Lipinski definition) is 6. The number of aliphatic hydroxyl groups excluding tert-OH is 3. The molecule has 1 rings (SSSR count). The third-order valence-corrected chi connectivity index (χ3v) is 2.26. The first-order valence-electron chi connectivity index (χ1n) is 3.54. The van der Waals surface area contributed by atoms with E-state index < -0.39 is 36.5 Å². The Labute approximate surface area is 103 Å². The third kappa shape index (κ3) is 3.05. The largest absolute Gasteiger partial charge is 1.00 e. The second-order valence-corrected chi connectivity index (χ2v) is 3.20. The van der Waals surface area contributed by atoms with Gasteiger partial charge in [-0.25, -0.2) is 0 Å². The van der Waals surface area contributed by atoms with E-state index in [-0.39, 0.29) is 29.6 Å². The van der Waals surface area contributed by atoms with Crippen LogP contribution in [0.2, 0.25) is 0 Å². The van der Waals surface area contributed by atoms with Crippen molar-refractivity contribution in [3.05, 3.63) is 0 Å². The third-order valence-electron chi connectivity index (χ3n) is 1.84.